The second kappa shape index (κ2) is 15.8. The van der Waals surface area contributed by atoms with Crippen LogP contribution in [0.2, 0.25) is 0 Å². The van der Waals surface area contributed by atoms with E-state index in [4.69, 9.17) is 0 Å². The van der Waals surface area contributed by atoms with Crippen molar-refractivity contribution in [3.63, 3.8) is 0 Å². The van der Waals surface area contributed by atoms with Gasteiger partial charge in [0.25, 0.3) is 0 Å². The predicted octanol–water partition coefficient (Wildman–Crippen LogP) is 0.555. The molecule has 0 fully saturated rings. The van der Waals surface area contributed by atoms with Crippen LogP contribution >= 0.6 is 0 Å². The van der Waals surface area contributed by atoms with Crippen LogP contribution in [0.15, 0.2) is 0 Å². The highest BCUT2D eigenvalue weighted by Gasteiger charge is 1.90. The lowest BCUT2D eigenvalue weighted by atomic mass is 10.3. The molecule has 4 N–H and O–H groups in total. The molecular weight excluding hydrogens is 212 g/mol. The van der Waals surface area contributed by atoms with Gasteiger partial charge in [-0.15, -0.1) is 0 Å². The number of unbranched alkanes of at least 4 members (excludes halogenated alkanes) is 2. The van der Waals surface area contributed by atoms with Crippen LogP contribution in [0.1, 0.15) is 32.1 Å². The largest absolute Gasteiger partial charge is 0.320 e. The molecule has 0 aromatic rings. The minimum absolute atomic E-state index is 1.13. The molecule has 4 nitrogen and oxygen atoms in total. The molecule has 4 heteroatoms. The summed E-state index contributed by atoms with van der Waals surface area (Å²) in [5.74, 6) is 0. The van der Waals surface area contributed by atoms with E-state index in [9.17, 15) is 0 Å². The first-order chi connectivity index (χ1) is 8.41. The fourth-order valence-corrected chi connectivity index (χ4v) is 1.69. The summed E-state index contributed by atoms with van der Waals surface area (Å²) in [6, 6.07) is 0. The molecule has 17 heavy (non-hydrogen) atoms. The fraction of sp³-hybridized carbons (Fsp3) is 1.00. The van der Waals surface area contributed by atoms with Gasteiger partial charge in [0.2, 0.25) is 0 Å². The van der Waals surface area contributed by atoms with Crippen LogP contribution in [-0.4, -0.2) is 53.4 Å². The molecule has 0 amide bonds. The van der Waals surface area contributed by atoms with E-state index in [0.717, 1.165) is 39.3 Å². The third kappa shape index (κ3) is 15.8. The zero-order valence-electron chi connectivity index (χ0n) is 11.8. The molecule has 0 aromatic heterocycles. The first kappa shape index (κ1) is 16.8. The van der Waals surface area contributed by atoms with Gasteiger partial charge in [0, 0.05) is 0 Å². The summed E-state index contributed by atoms with van der Waals surface area (Å²) < 4.78 is 0. The normalized spacial score (nSPS) is 10.9. The zero-order chi connectivity index (χ0) is 12.6. The molecule has 0 aromatic carbocycles. The average molecular weight is 244 g/mol. The average Bonchev–Trinajstić information content (AvgIpc) is 2.35. The first-order valence-corrected chi connectivity index (χ1v) is 7.12. The smallest absolute Gasteiger partial charge is 0.00368 e. The van der Waals surface area contributed by atoms with Crippen LogP contribution in [-0.2, 0) is 0 Å². The van der Waals surface area contributed by atoms with Crippen molar-refractivity contribution in [2.45, 2.75) is 32.1 Å². The van der Waals surface area contributed by atoms with E-state index in [1.54, 1.807) is 0 Å². The minimum atomic E-state index is 1.13. The maximum atomic E-state index is 3.48. The van der Waals surface area contributed by atoms with Gasteiger partial charge in [-0.1, -0.05) is 0 Å². The van der Waals surface area contributed by atoms with Gasteiger partial charge in [0.05, 0.1) is 0 Å². The molecule has 0 heterocycles. The van der Waals surface area contributed by atoms with Crippen molar-refractivity contribution < 1.29 is 0 Å². The van der Waals surface area contributed by atoms with E-state index in [-0.39, 0.29) is 0 Å². The Morgan fingerprint density at radius 2 is 0.824 bits per heavy atom. The second-order valence-corrected chi connectivity index (χ2v) is 4.47. The maximum Gasteiger partial charge on any atom is -0.00368 e. The maximum absolute atomic E-state index is 3.48. The third-order valence-corrected chi connectivity index (χ3v) is 2.77. The van der Waals surface area contributed by atoms with E-state index < -0.39 is 0 Å². The van der Waals surface area contributed by atoms with Crippen molar-refractivity contribution in [3.8, 4) is 0 Å². The van der Waals surface area contributed by atoms with Crippen molar-refractivity contribution in [1.82, 2.24) is 21.3 Å². The van der Waals surface area contributed by atoms with Gasteiger partial charge in [0.1, 0.15) is 0 Å². The molecule has 0 aliphatic carbocycles. The summed E-state index contributed by atoms with van der Waals surface area (Å²) in [6.45, 7) is 6.87. The Morgan fingerprint density at radius 1 is 0.471 bits per heavy atom. The molecule has 0 atom stereocenters. The predicted molar refractivity (Wildman–Crippen MR) is 76.7 cm³/mol. The third-order valence-electron chi connectivity index (χ3n) is 2.77. The van der Waals surface area contributed by atoms with Crippen LogP contribution in [0.3, 0.4) is 0 Å². The van der Waals surface area contributed by atoms with Crippen LogP contribution in [0.25, 0.3) is 0 Å². The Bertz CT molecular complexity index is 117. The minimum Gasteiger partial charge on any atom is -0.320 e. The van der Waals surface area contributed by atoms with Gasteiger partial charge >= 0.3 is 0 Å². The molecule has 0 saturated heterocycles. The van der Waals surface area contributed by atoms with Crippen LogP contribution < -0.4 is 21.3 Å². The summed E-state index contributed by atoms with van der Waals surface area (Å²) in [7, 11) is 4.02. The van der Waals surface area contributed by atoms with Gasteiger partial charge in [-0.05, 0) is 85.5 Å². The van der Waals surface area contributed by atoms with Gasteiger partial charge < -0.3 is 21.3 Å². The lowest BCUT2D eigenvalue weighted by Gasteiger charge is -2.06. The molecular formula is C13H32N4. The second-order valence-electron chi connectivity index (χ2n) is 4.47. The number of rotatable bonds is 14. The molecule has 0 spiro atoms. The molecule has 0 rings (SSSR count). The summed E-state index contributed by atoms with van der Waals surface area (Å²) in [4.78, 5) is 0. The highest BCUT2D eigenvalue weighted by molar-refractivity contribution is 4.54. The molecule has 0 aliphatic rings. The fourth-order valence-electron chi connectivity index (χ4n) is 1.69. The Kier molecular flexibility index (Phi) is 15.7. The number of nitrogens with one attached hydrogen (secondary N) is 4. The topological polar surface area (TPSA) is 48.1 Å². The summed E-state index contributed by atoms with van der Waals surface area (Å²) >= 11 is 0. The van der Waals surface area contributed by atoms with E-state index in [1.807, 2.05) is 14.1 Å². The Hall–Kier alpha value is -0.160. The SMILES string of the molecule is CNCCCCNCCCNCCCCNC. The van der Waals surface area contributed by atoms with Crippen LogP contribution in [0, 0.1) is 0 Å². The summed E-state index contributed by atoms with van der Waals surface area (Å²) in [5, 5.41) is 13.3. The Morgan fingerprint density at radius 3 is 1.24 bits per heavy atom. The van der Waals surface area contributed by atoms with Gasteiger partial charge in [-0.2, -0.15) is 0 Å². The Balaban J connectivity index is 2.85. The van der Waals surface area contributed by atoms with E-state index in [0.29, 0.717) is 0 Å². The standard InChI is InChI=1S/C13H32N4/c1-14-8-3-5-10-16-12-7-13-17-11-6-4-9-15-2/h14-17H,3-13H2,1-2H3. The quantitative estimate of drug-likeness (QED) is 0.337. The molecule has 0 radical (unpaired) electrons. The van der Waals surface area contributed by atoms with Gasteiger partial charge in [-0.25, -0.2) is 0 Å². The van der Waals surface area contributed by atoms with E-state index in [1.165, 1.54) is 32.1 Å². The van der Waals surface area contributed by atoms with Crippen LogP contribution in [0.5, 0.6) is 0 Å². The highest BCUT2D eigenvalue weighted by atomic mass is 14.9. The zero-order valence-corrected chi connectivity index (χ0v) is 11.8. The molecule has 104 valence electrons. The van der Waals surface area contributed by atoms with E-state index in [2.05, 4.69) is 21.3 Å². The molecule has 0 saturated carbocycles. The monoisotopic (exact) mass is 244 g/mol. The molecule has 0 unspecified atom stereocenters. The molecule has 0 bridgehead atoms. The lowest BCUT2D eigenvalue weighted by molar-refractivity contribution is 0.555. The van der Waals surface area contributed by atoms with Crippen molar-refractivity contribution in [3.05, 3.63) is 0 Å². The highest BCUT2D eigenvalue weighted by Crippen LogP contribution is 1.85. The number of hydrogen-bond donors (Lipinski definition) is 4. The van der Waals surface area contributed by atoms with Gasteiger partial charge in [0.15, 0.2) is 0 Å². The number of hydrogen-bond acceptors (Lipinski definition) is 4. The van der Waals surface area contributed by atoms with Gasteiger partial charge in [-0.3, -0.25) is 0 Å². The van der Waals surface area contributed by atoms with Crippen molar-refractivity contribution >= 4 is 0 Å². The first-order valence-electron chi connectivity index (χ1n) is 7.12. The summed E-state index contributed by atoms with van der Waals surface area (Å²) in [6.07, 6.45) is 6.33. The van der Waals surface area contributed by atoms with Crippen molar-refractivity contribution in [1.29, 1.82) is 0 Å². The molecule has 0 aliphatic heterocycles. The van der Waals surface area contributed by atoms with E-state index >= 15 is 0 Å². The van der Waals surface area contributed by atoms with Crippen molar-refractivity contribution in [2.24, 2.45) is 0 Å². The Labute approximate surface area is 107 Å². The lowest BCUT2D eigenvalue weighted by Crippen LogP contribution is -2.24. The van der Waals surface area contributed by atoms with Crippen molar-refractivity contribution in [2.75, 3.05) is 53.4 Å². The summed E-state index contributed by atoms with van der Waals surface area (Å²) in [5.41, 5.74) is 0. The van der Waals surface area contributed by atoms with Crippen LogP contribution in [0.4, 0.5) is 0 Å².